The topological polar surface area (TPSA) is 64.6 Å². The first kappa shape index (κ1) is 16.8. The van der Waals surface area contributed by atoms with Crippen LogP contribution >= 0.6 is 0 Å². The highest BCUT2D eigenvalue weighted by atomic mass is 19.4. The summed E-state index contributed by atoms with van der Waals surface area (Å²) in [7, 11) is 1.24. The maximum atomic E-state index is 12.0. The summed E-state index contributed by atoms with van der Waals surface area (Å²) in [4.78, 5) is 22.6. The first-order valence-electron chi connectivity index (χ1n) is 5.92. The van der Waals surface area contributed by atoms with Crippen LogP contribution in [0, 0.1) is 0 Å². The fraction of sp³-hybridized carbons (Fsp3) is 0.385. The Labute approximate surface area is 119 Å². The molecule has 0 saturated carbocycles. The minimum absolute atomic E-state index is 0.248. The summed E-state index contributed by atoms with van der Waals surface area (Å²) >= 11 is 0. The minimum Gasteiger partial charge on any atom is -0.481 e. The van der Waals surface area contributed by atoms with Crippen molar-refractivity contribution in [3.05, 3.63) is 29.8 Å². The number of rotatable bonds is 5. The molecule has 0 saturated heterocycles. The van der Waals surface area contributed by atoms with Gasteiger partial charge in [0.05, 0.1) is 12.7 Å². The lowest BCUT2D eigenvalue weighted by atomic mass is 10.2. The molecule has 1 atom stereocenters. The van der Waals surface area contributed by atoms with Crippen molar-refractivity contribution in [3.8, 4) is 5.75 Å². The number of ether oxygens (including phenoxy) is 2. The van der Waals surface area contributed by atoms with Gasteiger partial charge in [-0.05, 0) is 31.2 Å². The van der Waals surface area contributed by atoms with Crippen molar-refractivity contribution >= 4 is 11.9 Å². The zero-order valence-electron chi connectivity index (χ0n) is 11.4. The number of hydrogen-bond donors (Lipinski definition) is 1. The molecule has 0 aliphatic carbocycles. The van der Waals surface area contributed by atoms with Gasteiger partial charge < -0.3 is 14.8 Å². The molecule has 5 nitrogen and oxygen atoms in total. The number of halogens is 3. The molecule has 1 unspecified atom stereocenters. The highest BCUT2D eigenvalue weighted by Crippen LogP contribution is 2.15. The largest absolute Gasteiger partial charge is 0.481 e. The molecule has 0 bridgehead atoms. The fourth-order valence-electron chi connectivity index (χ4n) is 1.38. The predicted molar refractivity (Wildman–Crippen MR) is 66.9 cm³/mol. The minimum atomic E-state index is -4.47. The number of carbonyl (C=O) groups is 2. The molecular weight excluding hydrogens is 291 g/mol. The Morgan fingerprint density at radius 2 is 1.81 bits per heavy atom. The number of benzene rings is 1. The average molecular weight is 305 g/mol. The maximum Gasteiger partial charge on any atom is 0.405 e. The third kappa shape index (κ3) is 5.72. The number of carbonyl (C=O) groups excluding carboxylic acids is 2. The molecule has 0 aliphatic rings. The number of alkyl halides is 3. The van der Waals surface area contributed by atoms with E-state index in [0.717, 1.165) is 0 Å². The molecule has 1 amide bonds. The molecular formula is C13H14F3NO4. The Balaban J connectivity index is 2.56. The molecule has 116 valence electrons. The van der Waals surface area contributed by atoms with Crippen molar-refractivity contribution in [1.82, 2.24) is 5.32 Å². The molecule has 0 aromatic heterocycles. The molecule has 1 aromatic carbocycles. The lowest BCUT2D eigenvalue weighted by molar-refractivity contribution is -0.142. The SMILES string of the molecule is COC(=O)c1ccc(OC(C)C(=O)NCC(F)(F)F)cc1. The first-order valence-corrected chi connectivity index (χ1v) is 5.92. The summed E-state index contributed by atoms with van der Waals surface area (Å²) in [5, 5.41) is 1.72. The molecule has 21 heavy (non-hydrogen) atoms. The average Bonchev–Trinajstić information content (AvgIpc) is 2.43. The van der Waals surface area contributed by atoms with E-state index in [1.165, 1.54) is 38.3 Å². The van der Waals surface area contributed by atoms with Crippen LogP contribution in [0.25, 0.3) is 0 Å². The van der Waals surface area contributed by atoms with E-state index >= 15 is 0 Å². The van der Waals surface area contributed by atoms with Gasteiger partial charge in [0.1, 0.15) is 12.3 Å². The highest BCUT2D eigenvalue weighted by Gasteiger charge is 2.29. The number of esters is 1. The Bertz CT molecular complexity index is 499. The van der Waals surface area contributed by atoms with Crippen LogP contribution in [-0.2, 0) is 9.53 Å². The second kappa shape index (κ2) is 6.96. The van der Waals surface area contributed by atoms with Crippen molar-refractivity contribution in [2.75, 3.05) is 13.7 Å². The monoisotopic (exact) mass is 305 g/mol. The van der Waals surface area contributed by atoms with Gasteiger partial charge in [0.15, 0.2) is 6.10 Å². The van der Waals surface area contributed by atoms with Gasteiger partial charge in [0.25, 0.3) is 5.91 Å². The summed E-state index contributed by atoms with van der Waals surface area (Å²) in [6.45, 7) is -0.0965. The molecule has 0 spiro atoms. The van der Waals surface area contributed by atoms with Crippen LogP contribution in [0.5, 0.6) is 5.75 Å². The molecule has 8 heteroatoms. The summed E-state index contributed by atoms with van der Waals surface area (Å²) in [6, 6.07) is 5.67. The van der Waals surface area contributed by atoms with E-state index in [9.17, 15) is 22.8 Å². The number of amides is 1. The Morgan fingerprint density at radius 1 is 1.24 bits per heavy atom. The summed E-state index contributed by atoms with van der Waals surface area (Å²) in [6.07, 6.45) is -5.58. The van der Waals surface area contributed by atoms with Crippen LogP contribution in [0.3, 0.4) is 0 Å². The van der Waals surface area contributed by atoms with Crippen molar-refractivity contribution in [2.24, 2.45) is 0 Å². The second-order valence-electron chi connectivity index (χ2n) is 4.11. The fourth-order valence-corrected chi connectivity index (χ4v) is 1.38. The highest BCUT2D eigenvalue weighted by molar-refractivity contribution is 5.89. The zero-order chi connectivity index (χ0) is 16.0. The predicted octanol–water partition coefficient (Wildman–Crippen LogP) is 1.92. The van der Waals surface area contributed by atoms with Crippen LogP contribution < -0.4 is 10.1 Å². The van der Waals surface area contributed by atoms with Gasteiger partial charge in [0, 0.05) is 0 Å². The van der Waals surface area contributed by atoms with Gasteiger partial charge in [-0.3, -0.25) is 4.79 Å². The van der Waals surface area contributed by atoms with Crippen molar-refractivity contribution in [2.45, 2.75) is 19.2 Å². The van der Waals surface area contributed by atoms with Crippen LogP contribution in [0.1, 0.15) is 17.3 Å². The molecule has 0 aliphatic heterocycles. The van der Waals surface area contributed by atoms with E-state index in [-0.39, 0.29) is 5.75 Å². The third-order valence-electron chi connectivity index (χ3n) is 2.42. The van der Waals surface area contributed by atoms with Crippen LogP contribution in [0.15, 0.2) is 24.3 Å². The van der Waals surface area contributed by atoms with E-state index < -0.39 is 30.7 Å². The standard InChI is InChI=1S/C13H14F3NO4/c1-8(11(18)17-7-13(14,15)16)21-10-5-3-9(4-6-10)12(19)20-2/h3-6,8H,7H2,1-2H3,(H,17,18). The van der Waals surface area contributed by atoms with Gasteiger partial charge in [0.2, 0.25) is 0 Å². The van der Waals surface area contributed by atoms with E-state index in [0.29, 0.717) is 5.56 Å². The molecule has 0 radical (unpaired) electrons. The Kier molecular flexibility index (Phi) is 5.57. The lowest BCUT2D eigenvalue weighted by Crippen LogP contribution is -2.41. The van der Waals surface area contributed by atoms with Gasteiger partial charge in [-0.2, -0.15) is 13.2 Å². The summed E-state index contributed by atoms with van der Waals surface area (Å²) in [5.74, 6) is -1.17. The van der Waals surface area contributed by atoms with Crippen LogP contribution in [0.4, 0.5) is 13.2 Å². The number of methoxy groups -OCH3 is 1. The molecule has 0 heterocycles. The van der Waals surface area contributed by atoms with Gasteiger partial charge >= 0.3 is 12.1 Å². The van der Waals surface area contributed by atoms with Gasteiger partial charge in [-0.25, -0.2) is 4.79 Å². The van der Waals surface area contributed by atoms with Crippen molar-refractivity contribution in [1.29, 1.82) is 0 Å². The molecule has 1 N–H and O–H groups in total. The van der Waals surface area contributed by atoms with E-state index in [1.54, 1.807) is 5.32 Å². The molecule has 1 aromatic rings. The van der Waals surface area contributed by atoms with Gasteiger partial charge in [-0.15, -0.1) is 0 Å². The third-order valence-corrected chi connectivity index (χ3v) is 2.42. The number of hydrogen-bond acceptors (Lipinski definition) is 4. The Morgan fingerprint density at radius 3 is 2.29 bits per heavy atom. The smallest absolute Gasteiger partial charge is 0.405 e. The lowest BCUT2D eigenvalue weighted by Gasteiger charge is -2.15. The maximum absolute atomic E-state index is 12.0. The Hall–Kier alpha value is -2.25. The molecule has 0 fully saturated rings. The summed E-state index contributed by atoms with van der Waals surface area (Å²) < 4.78 is 45.6. The van der Waals surface area contributed by atoms with Crippen LogP contribution in [-0.4, -0.2) is 37.8 Å². The van der Waals surface area contributed by atoms with E-state index in [4.69, 9.17) is 4.74 Å². The van der Waals surface area contributed by atoms with Crippen LogP contribution in [0.2, 0.25) is 0 Å². The van der Waals surface area contributed by atoms with Crippen molar-refractivity contribution < 1.29 is 32.2 Å². The normalized spacial score (nSPS) is 12.4. The zero-order valence-corrected chi connectivity index (χ0v) is 11.4. The van der Waals surface area contributed by atoms with Crippen molar-refractivity contribution in [3.63, 3.8) is 0 Å². The number of nitrogens with one attached hydrogen (secondary N) is 1. The first-order chi connectivity index (χ1) is 9.73. The molecule has 1 rings (SSSR count). The summed E-state index contributed by atoms with van der Waals surface area (Å²) in [5.41, 5.74) is 0.291. The van der Waals surface area contributed by atoms with E-state index in [2.05, 4.69) is 4.74 Å². The quantitative estimate of drug-likeness (QED) is 0.844. The van der Waals surface area contributed by atoms with E-state index in [1.807, 2.05) is 0 Å². The van der Waals surface area contributed by atoms with Gasteiger partial charge in [-0.1, -0.05) is 0 Å². The second-order valence-corrected chi connectivity index (χ2v) is 4.11.